The number of carbonyl (C=O) groups excluding carboxylic acids is 1. The summed E-state index contributed by atoms with van der Waals surface area (Å²) >= 11 is 0. The molecule has 1 unspecified atom stereocenters. The van der Waals surface area contributed by atoms with Crippen molar-refractivity contribution in [3.8, 4) is 6.07 Å². The zero-order valence-electron chi connectivity index (χ0n) is 29.3. The maximum atomic E-state index is 16.0. The molecule has 1 atom stereocenters. The first-order valence-electron chi connectivity index (χ1n) is 17.1. The van der Waals surface area contributed by atoms with Crippen molar-refractivity contribution < 1.29 is 18.1 Å². The van der Waals surface area contributed by atoms with Gasteiger partial charge in [0.15, 0.2) is 0 Å². The fourth-order valence-electron chi connectivity index (χ4n) is 6.51. The Morgan fingerprint density at radius 1 is 1.07 bits per heavy atom. The number of hydrogen-bond acceptors (Lipinski definition) is 4. The smallest absolute Gasteiger partial charge is 0.130 e. The van der Waals surface area contributed by atoms with Gasteiger partial charge in [-0.05, 0) is 93.7 Å². The fourth-order valence-corrected chi connectivity index (χ4v) is 6.51. The standard InChI is InChI=1S/C35H47F3N2O.C2H3N.C2H6/c1-26-29(28-15-11-9-12-16-28)17-21-40(24-34(2,3)37)33(26)32-30(36)22-27(23-31(32)39(4)38)14-10-7-5-6-8-13-18-35(25-41)19-20-35;1-2-3;1-2/h9,11-12,15-16,22-23,25,33H,5-8,10,13-14,17-21,24H2,1-4H3;1H3;1-2H3. The Morgan fingerprint density at radius 2 is 1.65 bits per heavy atom. The number of benzene rings is 2. The van der Waals surface area contributed by atoms with Crippen LogP contribution in [0.15, 0.2) is 48.0 Å². The predicted molar refractivity (Wildman–Crippen MR) is 185 cm³/mol. The highest BCUT2D eigenvalue weighted by Gasteiger charge is 2.41. The largest absolute Gasteiger partial charge is 0.303 e. The molecule has 4 rings (SSSR count). The first kappa shape index (κ1) is 39.1. The molecule has 0 N–H and O–H groups in total. The number of alkyl halides is 1. The maximum Gasteiger partial charge on any atom is 0.130 e. The lowest BCUT2D eigenvalue weighted by Gasteiger charge is -2.41. The Morgan fingerprint density at radius 3 is 2.20 bits per heavy atom. The van der Waals surface area contributed by atoms with E-state index in [-0.39, 0.29) is 23.2 Å². The van der Waals surface area contributed by atoms with Gasteiger partial charge in [0.05, 0.1) is 17.8 Å². The monoisotopic (exact) mass is 639 g/mol. The molecule has 1 fully saturated rings. The average molecular weight is 640 g/mol. The minimum atomic E-state index is -1.48. The highest BCUT2D eigenvalue weighted by molar-refractivity contribution is 5.72. The third-order valence-electron chi connectivity index (χ3n) is 8.91. The molecule has 1 aliphatic carbocycles. The van der Waals surface area contributed by atoms with E-state index in [4.69, 9.17) is 5.26 Å². The third kappa shape index (κ3) is 11.6. The lowest BCUT2D eigenvalue weighted by Crippen LogP contribution is -2.42. The second-order valence-electron chi connectivity index (χ2n) is 13.2. The van der Waals surface area contributed by atoms with Gasteiger partial charge >= 0.3 is 0 Å². The quantitative estimate of drug-likeness (QED) is 0.111. The molecule has 0 aromatic heterocycles. The number of nitrogens with zero attached hydrogens (tertiary/aromatic N) is 3. The number of anilines is 1. The summed E-state index contributed by atoms with van der Waals surface area (Å²) < 4.78 is 46.0. The van der Waals surface area contributed by atoms with E-state index in [1.54, 1.807) is 18.2 Å². The Bertz CT molecular complexity index is 1290. The fraction of sp³-hybridized carbons (Fsp3) is 0.590. The van der Waals surface area contributed by atoms with Crippen molar-refractivity contribution in [2.24, 2.45) is 5.41 Å². The van der Waals surface area contributed by atoms with Crippen LogP contribution >= 0.6 is 0 Å². The summed E-state index contributed by atoms with van der Waals surface area (Å²) in [5, 5.41) is 7.83. The molecule has 0 radical (unpaired) electrons. The highest BCUT2D eigenvalue weighted by atomic mass is 19.2. The van der Waals surface area contributed by atoms with Gasteiger partial charge in [-0.3, -0.25) is 4.90 Å². The van der Waals surface area contributed by atoms with Crippen LogP contribution in [0, 0.1) is 22.6 Å². The summed E-state index contributed by atoms with van der Waals surface area (Å²) in [7, 11) is 1.31. The summed E-state index contributed by atoms with van der Waals surface area (Å²) in [5.41, 5.74) is 2.91. The van der Waals surface area contributed by atoms with E-state index in [1.165, 1.54) is 27.8 Å². The maximum absolute atomic E-state index is 16.0. The molecule has 2 aromatic carbocycles. The minimum Gasteiger partial charge on any atom is -0.303 e. The van der Waals surface area contributed by atoms with Crippen molar-refractivity contribution in [3.05, 3.63) is 70.5 Å². The Labute approximate surface area is 276 Å². The molecule has 254 valence electrons. The van der Waals surface area contributed by atoms with Crippen LogP contribution in [0.4, 0.5) is 18.9 Å². The molecular weight excluding hydrogens is 583 g/mol. The number of carbonyl (C=O) groups is 1. The van der Waals surface area contributed by atoms with E-state index in [9.17, 15) is 9.18 Å². The van der Waals surface area contributed by atoms with Crippen LogP contribution in [0.5, 0.6) is 0 Å². The van der Waals surface area contributed by atoms with E-state index in [0.29, 0.717) is 18.1 Å². The molecule has 2 aromatic rings. The van der Waals surface area contributed by atoms with Crippen LogP contribution in [0.2, 0.25) is 0 Å². The van der Waals surface area contributed by atoms with Crippen LogP contribution in [-0.2, 0) is 11.2 Å². The van der Waals surface area contributed by atoms with Crippen molar-refractivity contribution >= 4 is 17.5 Å². The van der Waals surface area contributed by atoms with Crippen LogP contribution in [0.3, 0.4) is 0 Å². The SMILES string of the molecule is CC.CC#N.CC1=C(c2ccccc2)CCN(CC(C)(C)F)C1c1c(F)cc(CCCCCCCCC2(C=O)CC2)cc1N(C)F. The summed E-state index contributed by atoms with van der Waals surface area (Å²) in [6.07, 6.45) is 12.1. The van der Waals surface area contributed by atoms with Gasteiger partial charge in [-0.2, -0.15) is 5.26 Å². The second-order valence-corrected chi connectivity index (χ2v) is 13.2. The number of halogens is 3. The molecule has 2 aliphatic rings. The molecule has 0 spiro atoms. The number of rotatable bonds is 15. The summed E-state index contributed by atoms with van der Waals surface area (Å²) in [5.74, 6) is -0.438. The first-order chi connectivity index (χ1) is 21.9. The number of nitriles is 1. The first-order valence-corrected chi connectivity index (χ1v) is 17.1. The summed E-state index contributed by atoms with van der Waals surface area (Å²) in [4.78, 5) is 13.1. The van der Waals surface area contributed by atoms with Crippen molar-refractivity contribution in [2.75, 3.05) is 25.3 Å². The van der Waals surface area contributed by atoms with Gasteiger partial charge < -0.3 is 4.79 Å². The van der Waals surface area contributed by atoms with Gasteiger partial charge in [0.25, 0.3) is 0 Å². The zero-order valence-corrected chi connectivity index (χ0v) is 29.3. The van der Waals surface area contributed by atoms with Crippen LogP contribution in [-0.4, -0.2) is 37.0 Å². The van der Waals surface area contributed by atoms with Crippen LogP contribution in [0.1, 0.15) is 128 Å². The van der Waals surface area contributed by atoms with E-state index in [2.05, 4.69) is 0 Å². The van der Waals surface area contributed by atoms with Crippen molar-refractivity contribution in [1.29, 1.82) is 5.26 Å². The molecule has 0 amide bonds. The van der Waals surface area contributed by atoms with Crippen LogP contribution < -0.4 is 5.12 Å². The predicted octanol–water partition coefficient (Wildman–Crippen LogP) is 10.9. The molecule has 0 saturated heterocycles. The Hall–Kier alpha value is -3.11. The summed E-state index contributed by atoms with van der Waals surface area (Å²) in [6, 6.07) is 14.5. The van der Waals surface area contributed by atoms with Crippen molar-refractivity contribution in [1.82, 2.24) is 4.90 Å². The van der Waals surface area contributed by atoms with Gasteiger partial charge in [-0.1, -0.05) is 76.3 Å². The summed E-state index contributed by atoms with van der Waals surface area (Å²) in [6.45, 7) is 11.2. The number of aryl methyl sites for hydroxylation is 1. The lowest BCUT2D eigenvalue weighted by molar-refractivity contribution is -0.112. The second kappa shape index (κ2) is 18.9. The average Bonchev–Trinajstić information content (AvgIpc) is 3.80. The van der Waals surface area contributed by atoms with Crippen molar-refractivity contribution in [3.63, 3.8) is 0 Å². The molecule has 1 saturated carbocycles. The minimum absolute atomic E-state index is 0.00566. The van der Waals surface area contributed by atoms with E-state index >= 15 is 8.87 Å². The van der Waals surface area contributed by atoms with E-state index in [0.717, 1.165) is 92.8 Å². The molecule has 46 heavy (non-hydrogen) atoms. The Balaban J connectivity index is 0.00000139. The zero-order chi connectivity index (χ0) is 34.3. The normalized spacial score (nSPS) is 17.2. The van der Waals surface area contributed by atoms with E-state index < -0.39 is 17.5 Å². The number of unbranched alkanes of at least 4 members (excludes halogenated alkanes) is 5. The highest BCUT2D eigenvalue weighted by Crippen LogP contribution is 2.48. The molecular formula is C39H56F3N3O. The molecule has 0 bridgehead atoms. The number of hydrogen-bond donors (Lipinski definition) is 0. The van der Waals surface area contributed by atoms with Gasteiger partial charge in [-0.25, -0.2) is 13.9 Å². The number of aldehydes is 1. The third-order valence-corrected chi connectivity index (χ3v) is 8.91. The molecule has 4 nitrogen and oxygen atoms in total. The lowest BCUT2D eigenvalue weighted by atomic mass is 9.84. The van der Waals surface area contributed by atoms with Crippen molar-refractivity contribution in [2.45, 2.75) is 124 Å². The van der Waals surface area contributed by atoms with E-state index in [1.807, 2.05) is 56.0 Å². The van der Waals surface area contributed by atoms with Crippen LogP contribution in [0.25, 0.3) is 5.57 Å². The van der Waals surface area contributed by atoms with Gasteiger partial charge in [0.1, 0.15) is 17.8 Å². The van der Waals surface area contributed by atoms with Gasteiger partial charge in [0, 0.05) is 38.0 Å². The van der Waals surface area contributed by atoms with Gasteiger partial charge in [0.2, 0.25) is 0 Å². The molecule has 7 heteroatoms. The van der Waals surface area contributed by atoms with Gasteiger partial charge in [-0.15, -0.1) is 4.48 Å². The Kier molecular flexibility index (Phi) is 16.0. The molecule has 1 aliphatic heterocycles. The topological polar surface area (TPSA) is 47.3 Å². The molecule has 1 heterocycles.